The lowest BCUT2D eigenvalue weighted by molar-refractivity contribution is -0.120. The van der Waals surface area contributed by atoms with Gasteiger partial charge in [-0.15, -0.1) is 0 Å². The minimum atomic E-state index is -0.163. The van der Waals surface area contributed by atoms with Crippen molar-refractivity contribution in [3.8, 4) is 5.75 Å². The first-order chi connectivity index (χ1) is 14.0. The van der Waals surface area contributed by atoms with Crippen molar-refractivity contribution in [1.29, 1.82) is 0 Å². The van der Waals surface area contributed by atoms with Crippen molar-refractivity contribution >= 4 is 23.7 Å². The fourth-order valence-corrected chi connectivity index (χ4v) is 3.06. The van der Waals surface area contributed by atoms with Crippen LogP contribution in [0.15, 0.2) is 71.8 Å². The van der Waals surface area contributed by atoms with E-state index in [-0.39, 0.29) is 12.3 Å². The number of nitrogens with one attached hydrogen (secondary N) is 1. The Hall–Kier alpha value is -3.11. The number of amides is 1. The van der Waals surface area contributed by atoms with Crippen molar-refractivity contribution in [3.05, 3.63) is 99.6 Å². The molecule has 5 heteroatoms. The summed E-state index contributed by atoms with van der Waals surface area (Å²) in [6.07, 6.45) is 1.87. The summed E-state index contributed by atoms with van der Waals surface area (Å²) in [7, 11) is 0. The zero-order chi connectivity index (χ0) is 20.6. The van der Waals surface area contributed by atoms with Crippen molar-refractivity contribution in [2.75, 3.05) is 0 Å². The molecule has 3 aromatic carbocycles. The predicted molar refractivity (Wildman–Crippen MR) is 118 cm³/mol. The highest BCUT2D eigenvalue weighted by molar-refractivity contribution is 6.31. The van der Waals surface area contributed by atoms with Crippen LogP contribution in [0.3, 0.4) is 0 Å². The van der Waals surface area contributed by atoms with Crippen molar-refractivity contribution < 1.29 is 9.53 Å². The summed E-state index contributed by atoms with van der Waals surface area (Å²) < 4.78 is 5.90. The van der Waals surface area contributed by atoms with E-state index in [9.17, 15) is 4.79 Å². The third-order valence-corrected chi connectivity index (χ3v) is 4.88. The number of carbonyl (C=O) groups is 1. The van der Waals surface area contributed by atoms with E-state index in [0.717, 1.165) is 27.8 Å². The first kappa shape index (κ1) is 20.6. The van der Waals surface area contributed by atoms with Gasteiger partial charge in [0, 0.05) is 16.1 Å². The van der Waals surface area contributed by atoms with Gasteiger partial charge in [0.2, 0.25) is 5.91 Å². The van der Waals surface area contributed by atoms with Gasteiger partial charge in [0.25, 0.3) is 0 Å². The second-order valence-electron chi connectivity index (χ2n) is 6.82. The molecule has 0 aliphatic carbocycles. The van der Waals surface area contributed by atoms with Crippen molar-refractivity contribution in [2.45, 2.75) is 26.9 Å². The summed E-state index contributed by atoms with van der Waals surface area (Å²) in [6, 6.07) is 21.2. The number of benzene rings is 3. The van der Waals surface area contributed by atoms with Crippen molar-refractivity contribution in [3.63, 3.8) is 0 Å². The zero-order valence-electron chi connectivity index (χ0n) is 16.5. The molecule has 0 unspecified atom stereocenters. The van der Waals surface area contributed by atoms with Crippen LogP contribution < -0.4 is 10.2 Å². The third-order valence-electron chi connectivity index (χ3n) is 4.51. The van der Waals surface area contributed by atoms with Crippen LogP contribution in [0.2, 0.25) is 5.02 Å². The second-order valence-corrected chi connectivity index (χ2v) is 7.23. The van der Waals surface area contributed by atoms with Gasteiger partial charge in [-0.1, -0.05) is 65.7 Å². The Morgan fingerprint density at radius 3 is 2.62 bits per heavy atom. The van der Waals surface area contributed by atoms with Gasteiger partial charge in [-0.05, 0) is 43.2 Å². The van der Waals surface area contributed by atoms with Gasteiger partial charge in [0.1, 0.15) is 12.4 Å². The molecule has 3 rings (SSSR count). The summed E-state index contributed by atoms with van der Waals surface area (Å²) in [5.74, 6) is 0.504. The second kappa shape index (κ2) is 9.89. The van der Waals surface area contributed by atoms with E-state index in [1.165, 1.54) is 0 Å². The smallest absolute Gasteiger partial charge is 0.244 e. The molecule has 29 heavy (non-hydrogen) atoms. The van der Waals surface area contributed by atoms with Gasteiger partial charge in [0.15, 0.2) is 0 Å². The van der Waals surface area contributed by atoms with Gasteiger partial charge in [-0.25, -0.2) is 5.43 Å². The summed E-state index contributed by atoms with van der Waals surface area (Å²) in [5, 5.41) is 4.76. The average Bonchev–Trinajstić information content (AvgIpc) is 2.71. The SMILES string of the molecule is Cc1ccc(C)c(CC(=O)N/N=C/c2ccccc2OCc2ccccc2Cl)c1. The number of ether oxygens (including phenoxy) is 1. The number of halogens is 1. The summed E-state index contributed by atoms with van der Waals surface area (Å²) in [4.78, 5) is 12.2. The Morgan fingerprint density at radius 1 is 1.03 bits per heavy atom. The highest BCUT2D eigenvalue weighted by Crippen LogP contribution is 2.21. The summed E-state index contributed by atoms with van der Waals surface area (Å²) in [6.45, 7) is 4.36. The van der Waals surface area contributed by atoms with E-state index in [1.807, 2.05) is 80.6 Å². The van der Waals surface area contributed by atoms with Crippen molar-refractivity contribution in [1.82, 2.24) is 5.43 Å². The minimum Gasteiger partial charge on any atom is -0.488 e. The highest BCUT2D eigenvalue weighted by Gasteiger charge is 2.07. The number of aryl methyl sites for hydroxylation is 2. The van der Waals surface area contributed by atoms with Crippen LogP contribution in [0.1, 0.15) is 27.8 Å². The van der Waals surface area contributed by atoms with Crippen LogP contribution in [-0.2, 0) is 17.8 Å². The normalized spacial score (nSPS) is 10.9. The Labute approximate surface area is 176 Å². The highest BCUT2D eigenvalue weighted by atomic mass is 35.5. The molecule has 0 bridgehead atoms. The Bertz CT molecular complexity index is 1030. The zero-order valence-corrected chi connectivity index (χ0v) is 17.2. The lowest BCUT2D eigenvalue weighted by Gasteiger charge is -2.10. The Balaban J connectivity index is 1.61. The van der Waals surface area contributed by atoms with Gasteiger partial charge < -0.3 is 4.74 Å². The maximum atomic E-state index is 12.2. The Morgan fingerprint density at radius 2 is 1.79 bits per heavy atom. The summed E-state index contributed by atoms with van der Waals surface area (Å²) >= 11 is 6.18. The number of carbonyl (C=O) groups excluding carboxylic acids is 1. The number of rotatable bonds is 7. The van der Waals surface area contributed by atoms with Crippen LogP contribution in [0.4, 0.5) is 0 Å². The minimum absolute atomic E-state index is 0.163. The molecular formula is C24H23ClN2O2. The maximum Gasteiger partial charge on any atom is 0.244 e. The molecule has 0 spiro atoms. The van der Waals surface area contributed by atoms with Crippen LogP contribution in [0.5, 0.6) is 5.75 Å². The number of para-hydroxylation sites is 1. The van der Waals surface area contributed by atoms with E-state index in [0.29, 0.717) is 17.4 Å². The monoisotopic (exact) mass is 406 g/mol. The van der Waals surface area contributed by atoms with E-state index >= 15 is 0 Å². The number of nitrogens with zero attached hydrogens (tertiary/aromatic N) is 1. The fraction of sp³-hybridized carbons (Fsp3) is 0.167. The maximum absolute atomic E-state index is 12.2. The number of hydrogen-bond acceptors (Lipinski definition) is 3. The van der Waals surface area contributed by atoms with Gasteiger partial charge in [-0.2, -0.15) is 5.10 Å². The molecule has 3 aromatic rings. The quantitative estimate of drug-likeness (QED) is 0.431. The van der Waals surface area contributed by atoms with Gasteiger partial charge in [0.05, 0.1) is 12.6 Å². The lowest BCUT2D eigenvalue weighted by atomic mass is 10.0. The van der Waals surface area contributed by atoms with E-state index in [2.05, 4.69) is 10.5 Å². The van der Waals surface area contributed by atoms with Crippen LogP contribution in [0, 0.1) is 13.8 Å². The summed E-state index contributed by atoms with van der Waals surface area (Å²) in [5.41, 5.74) is 7.49. The molecule has 0 aromatic heterocycles. The lowest BCUT2D eigenvalue weighted by Crippen LogP contribution is -2.20. The molecular weight excluding hydrogens is 384 g/mol. The molecule has 0 atom stereocenters. The van der Waals surface area contributed by atoms with Crippen molar-refractivity contribution in [2.24, 2.45) is 5.10 Å². The molecule has 1 N–H and O–H groups in total. The van der Waals surface area contributed by atoms with E-state index in [1.54, 1.807) is 6.21 Å². The van der Waals surface area contributed by atoms with E-state index < -0.39 is 0 Å². The molecule has 4 nitrogen and oxygen atoms in total. The topological polar surface area (TPSA) is 50.7 Å². The molecule has 0 saturated carbocycles. The molecule has 0 aliphatic heterocycles. The molecule has 0 heterocycles. The van der Waals surface area contributed by atoms with Gasteiger partial charge in [-0.3, -0.25) is 4.79 Å². The third kappa shape index (κ3) is 5.93. The molecule has 0 aliphatic rings. The fourth-order valence-electron chi connectivity index (χ4n) is 2.87. The van der Waals surface area contributed by atoms with E-state index in [4.69, 9.17) is 16.3 Å². The first-order valence-electron chi connectivity index (χ1n) is 9.36. The van der Waals surface area contributed by atoms with Gasteiger partial charge >= 0.3 is 0 Å². The standard InChI is InChI=1S/C24H23ClN2O2/c1-17-11-12-18(2)21(13-17)14-24(28)27-26-15-19-7-4-6-10-23(19)29-16-20-8-3-5-9-22(20)25/h3-13,15H,14,16H2,1-2H3,(H,27,28)/b26-15+. The molecule has 0 saturated heterocycles. The first-order valence-corrected chi connectivity index (χ1v) is 9.74. The average molecular weight is 407 g/mol. The molecule has 0 radical (unpaired) electrons. The Kier molecular flexibility index (Phi) is 7.04. The molecule has 0 fully saturated rings. The number of hydrogen-bond donors (Lipinski definition) is 1. The van der Waals surface area contributed by atoms with Crippen LogP contribution in [0.25, 0.3) is 0 Å². The van der Waals surface area contributed by atoms with Crippen LogP contribution in [-0.4, -0.2) is 12.1 Å². The predicted octanol–water partition coefficient (Wildman–Crippen LogP) is 5.23. The molecule has 148 valence electrons. The largest absolute Gasteiger partial charge is 0.488 e. The van der Waals surface area contributed by atoms with Crippen LogP contribution >= 0.6 is 11.6 Å². The number of hydrazone groups is 1. The molecule has 1 amide bonds.